The van der Waals surface area contributed by atoms with Crippen LogP contribution in [-0.4, -0.2) is 12.5 Å². The second kappa shape index (κ2) is 24.3. The van der Waals surface area contributed by atoms with Crippen molar-refractivity contribution >= 4 is 18.5 Å². The zero-order chi connectivity index (χ0) is 35.2. The smallest absolute Gasteiger partial charge is 0 e. The summed E-state index contributed by atoms with van der Waals surface area (Å²) in [5.41, 5.74) is 4.59. The van der Waals surface area contributed by atoms with Crippen molar-refractivity contribution in [1.82, 2.24) is 0 Å². The normalized spacial score (nSPS) is 10.8. The maximum absolute atomic E-state index is 5.13. The summed E-state index contributed by atoms with van der Waals surface area (Å²) in [6, 6.07) is 61.6. The van der Waals surface area contributed by atoms with Gasteiger partial charge in [-0.25, -0.2) is 5.91 Å². The number of hydrogen-bond acceptors (Lipinski definition) is 0. The van der Waals surface area contributed by atoms with Gasteiger partial charge in [0.15, 0.2) is 0 Å². The van der Waals surface area contributed by atoms with Crippen LogP contribution in [0.4, 0.5) is 0 Å². The molecule has 0 aliphatic carbocycles. The summed E-state index contributed by atoms with van der Waals surface area (Å²) in [4.78, 5) is 0. The Morgan fingerprint density at radius 2 is 0.760 bits per heavy atom. The molecule has 0 spiro atoms. The third-order valence-electron chi connectivity index (χ3n) is 6.84. The summed E-state index contributed by atoms with van der Waals surface area (Å²) < 4.78 is 0. The predicted molar refractivity (Wildman–Crippen MR) is 217 cm³/mol. The monoisotopic (exact) mass is 751 g/mol. The fourth-order valence-electron chi connectivity index (χ4n) is 4.37. The molecule has 0 heterocycles. The first-order chi connectivity index (χ1) is 23.7. The van der Waals surface area contributed by atoms with Gasteiger partial charge in [-0.3, -0.25) is 0 Å². The molecule has 1 atom stereocenters. The molecule has 0 aliphatic rings. The topological polar surface area (TPSA) is 28.2 Å². The quantitative estimate of drug-likeness (QED) is 0.109. The van der Waals surface area contributed by atoms with Gasteiger partial charge in [-0.05, 0) is 10.6 Å². The van der Waals surface area contributed by atoms with E-state index >= 15 is 0 Å². The Morgan fingerprint density at radius 1 is 0.460 bits per heavy atom. The first kappa shape index (κ1) is 42.3. The Labute approximate surface area is 323 Å². The van der Waals surface area contributed by atoms with E-state index in [9.17, 15) is 0 Å². The van der Waals surface area contributed by atoms with Crippen LogP contribution in [-0.2, 0) is 32.7 Å². The number of nitrogens with zero attached hydrogens (tertiary/aromatic N) is 2. The van der Waals surface area contributed by atoms with Crippen LogP contribution in [0.25, 0.3) is 10.6 Å². The second-order valence-electron chi connectivity index (χ2n) is 12.6. The molecule has 1 unspecified atom stereocenters. The molecule has 0 saturated heterocycles. The molecule has 0 fully saturated rings. The van der Waals surface area contributed by atoms with E-state index in [0.717, 1.165) is 23.2 Å². The largest absolute Gasteiger partial charge is 0.673 e. The molecule has 0 bridgehead atoms. The number of hydrogen-bond donors (Lipinski definition) is 0. The molecule has 6 aromatic rings. The van der Waals surface area contributed by atoms with Crippen LogP contribution in [0.5, 0.6) is 0 Å². The zero-order valence-electron chi connectivity index (χ0n) is 29.8. The third-order valence-corrected chi connectivity index (χ3v) is 9.33. The van der Waals surface area contributed by atoms with Gasteiger partial charge < -0.3 is 10.6 Å². The zero-order valence-corrected chi connectivity index (χ0v) is 33.1. The minimum atomic E-state index is -0.697. The van der Waals surface area contributed by atoms with Crippen molar-refractivity contribution in [3.05, 3.63) is 236 Å². The number of benzene rings is 6. The van der Waals surface area contributed by atoms with Crippen molar-refractivity contribution in [2.75, 3.05) is 6.54 Å². The molecule has 258 valence electrons. The predicted octanol–water partition coefficient (Wildman–Crippen LogP) is 12.0. The van der Waals surface area contributed by atoms with Gasteiger partial charge in [0.25, 0.3) is 0 Å². The van der Waals surface area contributed by atoms with Gasteiger partial charge >= 0.3 is 0 Å². The van der Waals surface area contributed by atoms with Crippen LogP contribution in [0.1, 0.15) is 43.0 Å². The average molecular weight is 753 g/mol. The summed E-state index contributed by atoms with van der Waals surface area (Å²) in [6.45, 7) is 19.4. The Balaban J connectivity index is 0.000000315. The van der Waals surface area contributed by atoms with Crippen LogP contribution in [0.3, 0.4) is 0 Å². The fourth-order valence-corrected chi connectivity index (χ4v) is 6.68. The summed E-state index contributed by atoms with van der Waals surface area (Å²) in [7, 11) is -0.697. The Kier molecular flexibility index (Phi) is 20.6. The van der Waals surface area contributed by atoms with Crippen molar-refractivity contribution in [3.63, 3.8) is 0 Å². The van der Waals surface area contributed by atoms with Crippen LogP contribution < -0.4 is 10.6 Å². The SMILES string of the molecule is CC(C)(C)C[N-]C([N-]Cc1ccccc1)P(c1ccccc1)c1ccccc1.[CH2-]c1ccccc1.[CH2-]c1ccccc1.[CH2-]c1ccccc1.[Zr]. The first-order valence-corrected chi connectivity index (χ1v) is 18.0. The third kappa shape index (κ3) is 18.2. The van der Waals surface area contributed by atoms with Crippen molar-refractivity contribution < 1.29 is 26.2 Å². The molecule has 0 amide bonds. The minimum absolute atomic E-state index is 0. The van der Waals surface area contributed by atoms with Crippen molar-refractivity contribution in [1.29, 1.82) is 0 Å². The van der Waals surface area contributed by atoms with Gasteiger partial charge in [0, 0.05) is 26.2 Å². The molecule has 0 N–H and O–H groups in total. The van der Waals surface area contributed by atoms with Crippen LogP contribution in [0, 0.1) is 26.2 Å². The molecular formula is C46H50N2PZr-5. The van der Waals surface area contributed by atoms with E-state index in [0.29, 0.717) is 6.54 Å². The van der Waals surface area contributed by atoms with Gasteiger partial charge in [0.1, 0.15) is 0 Å². The summed E-state index contributed by atoms with van der Waals surface area (Å²) in [5, 5.41) is 12.9. The van der Waals surface area contributed by atoms with Crippen LogP contribution in [0.2, 0.25) is 0 Å². The van der Waals surface area contributed by atoms with Gasteiger partial charge in [-0.15, -0.1) is 49.5 Å². The van der Waals surface area contributed by atoms with Crippen molar-refractivity contribution in [3.8, 4) is 0 Å². The van der Waals surface area contributed by atoms with E-state index in [2.05, 4.69) is 126 Å². The van der Waals surface area contributed by atoms with Gasteiger partial charge in [0.2, 0.25) is 0 Å². The molecule has 2 nitrogen and oxygen atoms in total. The fraction of sp³-hybridized carbons (Fsp3) is 0.152. The van der Waals surface area contributed by atoms with Crippen LogP contribution >= 0.6 is 7.92 Å². The Bertz CT molecular complexity index is 1520. The molecule has 0 saturated carbocycles. The molecule has 6 aromatic carbocycles. The van der Waals surface area contributed by atoms with Gasteiger partial charge in [-0.1, -0.05) is 149 Å². The van der Waals surface area contributed by atoms with Crippen molar-refractivity contribution in [2.45, 2.75) is 33.2 Å². The molecule has 50 heavy (non-hydrogen) atoms. The molecule has 6 rings (SSSR count). The van der Waals surface area contributed by atoms with Crippen molar-refractivity contribution in [2.24, 2.45) is 5.41 Å². The molecule has 0 aromatic heterocycles. The van der Waals surface area contributed by atoms with E-state index in [1.54, 1.807) is 0 Å². The Morgan fingerprint density at radius 3 is 1.04 bits per heavy atom. The summed E-state index contributed by atoms with van der Waals surface area (Å²) >= 11 is 0. The van der Waals surface area contributed by atoms with Crippen LogP contribution in [0.15, 0.2) is 182 Å². The van der Waals surface area contributed by atoms with Gasteiger partial charge in [-0.2, -0.15) is 73.9 Å². The standard InChI is InChI=1S/C25H29N2P.3C7H7.Zr/c1-25(2,3)20-27-24(26-19-21-13-7-4-8-14-21)28(22-15-9-5-10-16-22)23-17-11-6-12-18-23;3*1-7-5-3-2-4-6-7;/h4-18,24H,19-20H2,1-3H3;3*2-6H,1H2;/q-2;3*-1;. The average Bonchev–Trinajstić information content (AvgIpc) is 3.12. The van der Waals surface area contributed by atoms with E-state index in [-0.39, 0.29) is 37.5 Å². The molecular weight excluding hydrogens is 703 g/mol. The minimum Gasteiger partial charge on any atom is -0.673 e. The van der Waals surface area contributed by atoms with E-state index < -0.39 is 7.92 Å². The molecule has 4 heteroatoms. The van der Waals surface area contributed by atoms with E-state index in [1.165, 1.54) is 16.2 Å². The van der Waals surface area contributed by atoms with Gasteiger partial charge in [0.05, 0.1) is 0 Å². The summed E-state index contributed by atoms with van der Waals surface area (Å²) in [6.07, 6.45) is 0. The summed E-state index contributed by atoms with van der Waals surface area (Å²) in [5.74, 6) is -0.0563. The number of rotatable bonds is 8. The maximum Gasteiger partial charge on any atom is 0 e. The molecule has 0 aliphatic heterocycles. The van der Waals surface area contributed by atoms with E-state index in [4.69, 9.17) is 10.6 Å². The Hall–Kier alpha value is -3.84. The first-order valence-electron chi connectivity index (χ1n) is 16.6. The molecule has 0 radical (unpaired) electrons. The second-order valence-corrected chi connectivity index (χ2v) is 14.8. The van der Waals surface area contributed by atoms with E-state index in [1.807, 2.05) is 97.1 Å². The maximum atomic E-state index is 5.13.